The number of nitrogens with one attached hydrogen (secondary N) is 3. The topological polar surface area (TPSA) is 108 Å². The molecule has 0 spiro atoms. The lowest BCUT2D eigenvalue weighted by Crippen LogP contribution is -2.30. The molecule has 0 radical (unpaired) electrons. The van der Waals surface area contributed by atoms with Crippen molar-refractivity contribution in [3.63, 3.8) is 0 Å². The van der Waals surface area contributed by atoms with Crippen molar-refractivity contribution in [3.05, 3.63) is 86.8 Å². The fourth-order valence-electron chi connectivity index (χ4n) is 4.74. The molecular weight excluding hydrogens is 577 g/mol. The molecule has 5 aromatic rings. The van der Waals surface area contributed by atoms with Crippen molar-refractivity contribution in [3.8, 4) is 5.69 Å². The van der Waals surface area contributed by atoms with Gasteiger partial charge < -0.3 is 15.3 Å². The summed E-state index contributed by atoms with van der Waals surface area (Å²) < 4.78 is 44.7. The van der Waals surface area contributed by atoms with Crippen LogP contribution < -0.4 is 10.9 Å². The maximum absolute atomic E-state index is 14.5. The van der Waals surface area contributed by atoms with Gasteiger partial charge in [0, 0.05) is 23.2 Å². The molecule has 214 valence electrons. The number of alkyl halides is 3. The molecule has 0 unspecified atom stereocenters. The number of thioether (sulfide) groups is 1. The van der Waals surface area contributed by atoms with Crippen LogP contribution in [0.15, 0.2) is 53.5 Å². The number of H-pyrrole nitrogens is 2. The highest BCUT2D eigenvalue weighted by Crippen LogP contribution is 2.36. The summed E-state index contributed by atoms with van der Waals surface area (Å²) in [7, 11) is 0. The number of benzene rings is 2. The second-order valence-electron chi connectivity index (χ2n) is 9.47. The Hall–Kier alpha value is -3.77. The molecule has 0 aliphatic rings. The predicted octanol–water partition coefficient (Wildman–Crippen LogP) is 6.44. The van der Waals surface area contributed by atoms with Gasteiger partial charge in [-0.05, 0) is 67.3 Å². The van der Waals surface area contributed by atoms with E-state index in [9.17, 15) is 22.8 Å². The lowest BCUT2D eigenvalue weighted by atomic mass is 10.1. The number of hydrogen-bond donors (Lipinski definition) is 3. The average Bonchev–Trinajstić information content (AvgIpc) is 3.52. The number of rotatable bonds is 9. The minimum atomic E-state index is -4.79. The predicted molar refractivity (Wildman–Crippen MR) is 155 cm³/mol. The number of aryl methyl sites for hydroxylation is 1. The highest BCUT2D eigenvalue weighted by Gasteiger charge is 2.36. The lowest BCUT2D eigenvalue weighted by molar-refractivity contribution is -0.137. The number of halogens is 4. The van der Waals surface area contributed by atoms with E-state index >= 15 is 0 Å². The summed E-state index contributed by atoms with van der Waals surface area (Å²) in [4.78, 5) is 40.3. The van der Waals surface area contributed by atoms with E-state index < -0.39 is 29.2 Å². The van der Waals surface area contributed by atoms with Crippen LogP contribution >= 0.6 is 23.4 Å². The third kappa shape index (κ3) is 5.84. The summed E-state index contributed by atoms with van der Waals surface area (Å²) >= 11 is 7.66. The number of carbonyl (C=O) groups is 1. The molecule has 5 rings (SSSR count). The van der Waals surface area contributed by atoms with Gasteiger partial charge in [-0.25, -0.2) is 9.97 Å². The van der Waals surface area contributed by atoms with Gasteiger partial charge in [-0.3, -0.25) is 14.2 Å². The minimum Gasteiger partial charge on any atom is -0.342 e. The zero-order chi connectivity index (χ0) is 29.3. The van der Waals surface area contributed by atoms with E-state index in [-0.39, 0.29) is 22.3 Å². The van der Waals surface area contributed by atoms with Crippen molar-refractivity contribution < 1.29 is 18.0 Å². The van der Waals surface area contributed by atoms with Crippen LogP contribution in [0.5, 0.6) is 0 Å². The fraction of sp³-hybridized carbons (Fsp3) is 0.286. The number of aromatic nitrogens is 5. The molecule has 13 heteroatoms. The molecule has 0 saturated heterocycles. The van der Waals surface area contributed by atoms with E-state index in [4.69, 9.17) is 11.6 Å². The molecule has 2 aromatic carbocycles. The zero-order valence-corrected chi connectivity index (χ0v) is 23.7. The average molecular weight is 603 g/mol. The van der Waals surface area contributed by atoms with Crippen LogP contribution in [0.2, 0.25) is 5.02 Å². The molecule has 41 heavy (non-hydrogen) atoms. The van der Waals surface area contributed by atoms with Gasteiger partial charge in [0.05, 0.1) is 33.8 Å². The number of aromatic amines is 2. The summed E-state index contributed by atoms with van der Waals surface area (Å²) in [6.07, 6.45) is -0.0355. The molecule has 3 N–H and O–H groups in total. The van der Waals surface area contributed by atoms with Gasteiger partial charge in [-0.2, -0.15) is 24.9 Å². The Morgan fingerprint density at radius 2 is 1.98 bits per heavy atom. The summed E-state index contributed by atoms with van der Waals surface area (Å²) in [6.45, 7) is 1.87. The molecule has 3 heterocycles. The first-order valence-corrected chi connectivity index (χ1v) is 14.6. The van der Waals surface area contributed by atoms with E-state index in [1.165, 1.54) is 29.0 Å². The van der Waals surface area contributed by atoms with E-state index in [0.29, 0.717) is 47.2 Å². The normalized spacial score (nSPS) is 12.7. The van der Waals surface area contributed by atoms with E-state index in [2.05, 4.69) is 25.3 Å². The summed E-state index contributed by atoms with van der Waals surface area (Å²) in [5.41, 5.74) is -0.225. The molecule has 1 atom stereocenters. The van der Waals surface area contributed by atoms with Crippen molar-refractivity contribution in [1.29, 1.82) is 0 Å². The Labute approximate surface area is 241 Å². The first-order valence-electron chi connectivity index (χ1n) is 12.9. The van der Waals surface area contributed by atoms with Gasteiger partial charge >= 0.3 is 6.18 Å². The number of fused-ring (bicyclic) bond motifs is 2. The van der Waals surface area contributed by atoms with Crippen molar-refractivity contribution >= 4 is 51.3 Å². The Kier molecular flexibility index (Phi) is 8.14. The number of carbonyl (C=O) groups excluding carboxylic acids is 1. The molecule has 0 bridgehead atoms. The summed E-state index contributed by atoms with van der Waals surface area (Å²) in [5, 5.41) is 3.36. The van der Waals surface area contributed by atoms with Crippen molar-refractivity contribution in [2.45, 2.75) is 38.4 Å². The van der Waals surface area contributed by atoms with Crippen molar-refractivity contribution in [2.24, 2.45) is 0 Å². The molecule has 0 aliphatic heterocycles. The van der Waals surface area contributed by atoms with Gasteiger partial charge in [-0.15, -0.1) is 0 Å². The highest BCUT2D eigenvalue weighted by atomic mass is 35.5. The van der Waals surface area contributed by atoms with E-state index in [0.717, 1.165) is 11.6 Å². The number of hydrogen-bond acceptors (Lipinski definition) is 5. The maximum atomic E-state index is 14.5. The van der Waals surface area contributed by atoms with Gasteiger partial charge in [-0.1, -0.05) is 18.5 Å². The Bertz CT molecular complexity index is 1800. The Morgan fingerprint density at radius 1 is 1.17 bits per heavy atom. The molecule has 8 nitrogen and oxygen atoms in total. The van der Waals surface area contributed by atoms with Crippen LogP contribution in [0, 0.1) is 0 Å². The second-order valence-corrected chi connectivity index (χ2v) is 10.9. The Balaban J connectivity index is 1.55. The van der Waals surface area contributed by atoms with Crippen LogP contribution in [0.25, 0.3) is 27.8 Å². The first kappa shape index (κ1) is 28.7. The molecule has 0 fully saturated rings. The van der Waals surface area contributed by atoms with E-state index in [1.54, 1.807) is 30.0 Å². The Morgan fingerprint density at radius 3 is 2.71 bits per heavy atom. The minimum absolute atomic E-state index is 0.0506. The smallest absolute Gasteiger partial charge is 0.342 e. The maximum Gasteiger partial charge on any atom is 0.418 e. The standard InChI is InChI=1S/C28H26ClF3N6O2S/c1-3-4-23-37-24-22(9-11-33-27(24)40)38(23)21-8-5-15(13-17(21)28(30,31)32)26(39)36-19(10-12-41-2)25-34-18-7-6-16(29)14-20(18)35-25/h5-9,11,13-14,19H,3-4,10,12H2,1-2H3,(H,33,40)(H,34,35)(H,36,39)/t19-/m0/s1. The second kappa shape index (κ2) is 11.6. The fourth-order valence-corrected chi connectivity index (χ4v) is 5.38. The third-order valence-corrected chi connectivity index (χ3v) is 7.52. The molecule has 0 aliphatic carbocycles. The van der Waals surface area contributed by atoms with Crippen LogP contribution in [0.4, 0.5) is 13.2 Å². The summed E-state index contributed by atoms with van der Waals surface area (Å²) in [5.74, 6) is 0.815. The number of pyridine rings is 1. The van der Waals surface area contributed by atoms with Crippen LogP contribution in [0.3, 0.4) is 0 Å². The van der Waals surface area contributed by atoms with Crippen LogP contribution in [-0.2, 0) is 12.6 Å². The van der Waals surface area contributed by atoms with Gasteiger partial charge in [0.2, 0.25) is 0 Å². The van der Waals surface area contributed by atoms with Gasteiger partial charge in [0.1, 0.15) is 11.6 Å². The van der Waals surface area contributed by atoms with Crippen molar-refractivity contribution in [1.82, 2.24) is 29.8 Å². The first-order chi connectivity index (χ1) is 19.6. The van der Waals surface area contributed by atoms with Crippen LogP contribution in [0.1, 0.15) is 53.4 Å². The highest BCUT2D eigenvalue weighted by molar-refractivity contribution is 7.98. The number of amides is 1. The number of imidazole rings is 2. The third-order valence-electron chi connectivity index (χ3n) is 6.64. The zero-order valence-electron chi connectivity index (χ0n) is 22.1. The number of nitrogens with zero attached hydrogens (tertiary/aromatic N) is 3. The monoisotopic (exact) mass is 602 g/mol. The molecule has 0 saturated carbocycles. The largest absolute Gasteiger partial charge is 0.418 e. The quantitative estimate of drug-likeness (QED) is 0.180. The summed E-state index contributed by atoms with van der Waals surface area (Å²) in [6, 6.07) is 9.56. The lowest BCUT2D eigenvalue weighted by Gasteiger charge is -2.19. The molecule has 3 aromatic heterocycles. The molecular formula is C28H26ClF3N6O2S. The van der Waals surface area contributed by atoms with Crippen molar-refractivity contribution in [2.75, 3.05) is 12.0 Å². The molecule has 1 amide bonds. The van der Waals surface area contributed by atoms with Crippen LogP contribution in [-0.4, -0.2) is 42.4 Å². The van der Waals surface area contributed by atoms with Gasteiger partial charge in [0.25, 0.3) is 11.5 Å². The SMILES string of the molecule is CCCc1nc2c(=O)[nH]ccc2n1-c1ccc(C(=O)N[C@@H](CCSC)c2nc3cc(Cl)ccc3[nH]2)cc1C(F)(F)F. The van der Waals surface area contributed by atoms with E-state index in [1.807, 2.05) is 13.2 Å². The van der Waals surface area contributed by atoms with Gasteiger partial charge in [0.15, 0.2) is 5.52 Å².